The maximum Gasteiger partial charge on any atom is 0.279 e. The van der Waals surface area contributed by atoms with Gasteiger partial charge in [0.2, 0.25) is 5.91 Å². The van der Waals surface area contributed by atoms with Crippen LogP contribution < -0.4 is 14.9 Å². The van der Waals surface area contributed by atoms with E-state index >= 15 is 0 Å². The second-order valence-electron chi connectivity index (χ2n) is 7.45. The van der Waals surface area contributed by atoms with E-state index in [9.17, 15) is 9.59 Å². The van der Waals surface area contributed by atoms with Crippen molar-refractivity contribution in [3.63, 3.8) is 0 Å². The number of anilines is 1. The molecule has 2 amide bonds. The Morgan fingerprint density at radius 2 is 1.74 bits per heavy atom. The van der Waals surface area contributed by atoms with E-state index in [1.54, 1.807) is 24.3 Å². The molecular formula is C26H25N3O4S. The van der Waals surface area contributed by atoms with Crippen LogP contribution in [-0.4, -0.2) is 29.6 Å². The van der Waals surface area contributed by atoms with Gasteiger partial charge in [0, 0.05) is 31.3 Å². The highest BCUT2D eigenvalue weighted by Gasteiger charge is 2.11. The first-order valence-electron chi connectivity index (χ1n) is 10.9. The average molecular weight is 476 g/mol. The molecule has 0 bridgehead atoms. The summed E-state index contributed by atoms with van der Waals surface area (Å²) in [4.78, 5) is 29.4. The van der Waals surface area contributed by atoms with Crippen LogP contribution in [0.1, 0.15) is 24.2 Å². The third-order valence-corrected chi connectivity index (χ3v) is 5.98. The van der Waals surface area contributed by atoms with E-state index in [4.69, 9.17) is 9.47 Å². The first kappa shape index (κ1) is 23.4. The van der Waals surface area contributed by atoms with Crippen molar-refractivity contribution in [2.24, 2.45) is 4.99 Å². The maximum atomic E-state index is 13.0. The second kappa shape index (κ2) is 10.9. The lowest BCUT2D eigenvalue weighted by Crippen LogP contribution is -2.19. The fourth-order valence-electron chi connectivity index (χ4n) is 3.40. The number of nitrogens with one attached hydrogen (secondary N) is 1. The molecule has 0 saturated heterocycles. The molecule has 0 atom stereocenters. The minimum absolute atomic E-state index is 0.139. The standard InChI is InChI=1S/C26H25N3O4S/c1-3-32-16-15-29-23-14-11-20(27-18(2)30)17-24(23)34-26(29)28-25(31)19-9-12-22(13-10-19)33-21-7-5-4-6-8-21/h4-14,17H,3,15-16H2,1-2H3,(H,27,30). The van der Waals surface area contributed by atoms with Crippen LogP contribution in [0, 0.1) is 0 Å². The molecule has 8 heteroatoms. The number of para-hydroxylation sites is 1. The first-order chi connectivity index (χ1) is 16.5. The van der Waals surface area contributed by atoms with Crippen molar-refractivity contribution < 1.29 is 19.1 Å². The van der Waals surface area contributed by atoms with E-state index in [1.165, 1.54) is 18.3 Å². The normalized spacial score (nSPS) is 11.5. The fourth-order valence-corrected chi connectivity index (χ4v) is 4.49. The van der Waals surface area contributed by atoms with E-state index in [0.29, 0.717) is 41.6 Å². The number of rotatable bonds is 8. The Bertz CT molecular complexity index is 1360. The third-order valence-electron chi connectivity index (χ3n) is 4.94. The number of thiazole rings is 1. The van der Waals surface area contributed by atoms with Gasteiger partial charge in [-0.15, -0.1) is 0 Å². The van der Waals surface area contributed by atoms with Gasteiger partial charge in [0.05, 0.1) is 16.8 Å². The summed E-state index contributed by atoms with van der Waals surface area (Å²) in [5, 5.41) is 2.79. The summed E-state index contributed by atoms with van der Waals surface area (Å²) in [7, 11) is 0. The highest BCUT2D eigenvalue weighted by Crippen LogP contribution is 2.23. The molecule has 7 nitrogen and oxygen atoms in total. The second-order valence-corrected chi connectivity index (χ2v) is 8.46. The molecule has 0 aliphatic carbocycles. The van der Waals surface area contributed by atoms with Crippen LogP contribution >= 0.6 is 11.3 Å². The maximum absolute atomic E-state index is 13.0. The van der Waals surface area contributed by atoms with Gasteiger partial charge in [0.1, 0.15) is 11.5 Å². The topological polar surface area (TPSA) is 81.9 Å². The molecule has 1 N–H and O–H groups in total. The Balaban J connectivity index is 1.63. The van der Waals surface area contributed by atoms with Crippen LogP contribution in [0.3, 0.4) is 0 Å². The number of aromatic nitrogens is 1. The van der Waals surface area contributed by atoms with Gasteiger partial charge < -0.3 is 19.4 Å². The van der Waals surface area contributed by atoms with Crippen molar-refractivity contribution in [2.45, 2.75) is 20.4 Å². The molecular weight excluding hydrogens is 450 g/mol. The summed E-state index contributed by atoms with van der Waals surface area (Å²) in [5.74, 6) is 0.886. The molecule has 1 heterocycles. The van der Waals surface area contributed by atoms with E-state index in [2.05, 4.69) is 10.3 Å². The Morgan fingerprint density at radius 3 is 2.44 bits per heavy atom. The Hall–Kier alpha value is -3.75. The number of carbonyl (C=O) groups excluding carboxylic acids is 2. The van der Waals surface area contributed by atoms with Gasteiger partial charge in [-0.25, -0.2) is 0 Å². The highest BCUT2D eigenvalue weighted by atomic mass is 32.1. The van der Waals surface area contributed by atoms with Crippen LogP contribution in [0.5, 0.6) is 11.5 Å². The smallest absolute Gasteiger partial charge is 0.279 e. The third kappa shape index (κ3) is 5.78. The summed E-state index contributed by atoms with van der Waals surface area (Å²) in [6, 6.07) is 22.0. The molecule has 4 rings (SSSR count). The average Bonchev–Trinajstić information content (AvgIpc) is 3.16. The van der Waals surface area contributed by atoms with Crippen molar-refractivity contribution in [1.29, 1.82) is 0 Å². The minimum Gasteiger partial charge on any atom is -0.457 e. The van der Waals surface area contributed by atoms with Crippen molar-refractivity contribution >= 4 is 39.1 Å². The quantitative estimate of drug-likeness (QED) is 0.354. The lowest BCUT2D eigenvalue weighted by molar-refractivity contribution is -0.114. The van der Waals surface area contributed by atoms with Crippen molar-refractivity contribution in [3.05, 3.63) is 83.2 Å². The summed E-state index contributed by atoms with van der Waals surface area (Å²) >= 11 is 1.40. The van der Waals surface area contributed by atoms with Gasteiger partial charge in [-0.3, -0.25) is 9.59 Å². The Labute approximate surface area is 201 Å². The Morgan fingerprint density at radius 1 is 1.00 bits per heavy atom. The Kier molecular flexibility index (Phi) is 7.51. The van der Waals surface area contributed by atoms with Gasteiger partial charge >= 0.3 is 0 Å². The van der Waals surface area contributed by atoms with Crippen molar-refractivity contribution in [1.82, 2.24) is 4.57 Å². The summed E-state index contributed by atoms with van der Waals surface area (Å²) in [5.41, 5.74) is 2.09. The van der Waals surface area contributed by atoms with E-state index in [0.717, 1.165) is 16.0 Å². The lowest BCUT2D eigenvalue weighted by atomic mass is 10.2. The van der Waals surface area contributed by atoms with Crippen LogP contribution in [0.15, 0.2) is 77.8 Å². The monoisotopic (exact) mass is 475 g/mol. The zero-order valence-electron chi connectivity index (χ0n) is 19.0. The minimum atomic E-state index is -0.343. The molecule has 0 aliphatic heterocycles. The molecule has 4 aromatic rings. The number of carbonyl (C=O) groups is 2. The molecule has 174 valence electrons. The highest BCUT2D eigenvalue weighted by molar-refractivity contribution is 7.16. The number of hydrogen-bond acceptors (Lipinski definition) is 5. The van der Waals surface area contributed by atoms with Gasteiger partial charge in [-0.2, -0.15) is 4.99 Å². The number of ether oxygens (including phenoxy) is 2. The molecule has 0 unspecified atom stereocenters. The molecule has 0 aliphatic rings. The van der Waals surface area contributed by atoms with Gasteiger partial charge in [0.25, 0.3) is 5.91 Å². The van der Waals surface area contributed by atoms with Gasteiger partial charge in [-0.1, -0.05) is 29.5 Å². The zero-order valence-corrected chi connectivity index (χ0v) is 19.8. The number of hydrogen-bond donors (Lipinski definition) is 1. The van der Waals surface area contributed by atoms with Crippen LogP contribution in [0.4, 0.5) is 5.69 Å². The molecule has 0 saturated carbocycles. The van der Waals surface area contributed by atoms with Gasteiger partial charge in [0.15, 0.2) is 4.80 Å². The lowest BCUT2D eigenvalue weighted by Gasteiger charge is -2.07. The summed E-state index contributed by atoms with van der Waals surface area (Å²) in [6.45, 7) is 5.08. The van der Waals surface area contributed by atoms with Crippen LogP contribution in [-0.2, 0) is 16.1 Å². The first-order valence-corrected chi connectivity index (χ1v) is 11.8. The van der Waals surface area contributed by atoms with E-state index in [-0.39, 0.29) is 11.8 Å². The molecule has 34 heavy (non-hydrogen) atoms. The fraction of sp³-hybridized carbons (Fsp3) is 0.192. The molecule has 0 radical (unpaired) electrons. The number of benzene rings is 3. The molecule has 3 aromatic carbocycles. The largest absolute Gasteiger partial charge is 0.457 e. The van der Waals surface area contributed by atoms with Crippen LogP contribution in [0.25, 0.3) is 10.2 Å². The summed E-state index contributed by atoms with van der Waals surface area (Å²) in [6.07, 6.45) is 0. The molecule has 0 fully saturated rings. The molecule has 0 spiro atoms. The SMILES string of the molecule is CCOCCn1c(=NC(=O)c2ccc(Oc3ccccc3)cc2)sc2cc(NC(C)=O)ccc21. The van der Waals surface area contributed by atoms with Crippen molar-refractivity contribution in [3.8, 4) is 11.5 Å². The number of amides is 2. The molecule has 1 aromatic heterocycles. The summed E-state index contributed by atoms with van der Waals surface area (Å²) < 4.78 is 14.2. The number of fused-ring (bicyclic) bond motifs is 1. The number of nitrogens with zero attached hydrogens (tertiary/aromatic N) is 2. The van der Waals surface area contributed by atoms with Gasteiger partial charge in [-0.05, 0) is 61.5 Å². The van der Waals surface area contributed by atoms with E-state index in [1.807, 2.05) is 60.0 Å². The van der Waals surface area contributed by atoms with E-state index < -0.39 is 0 Å². The zero-order chi connectivity index (χ0) is 23.9. The predicted octanol–water partition coefficient (Wildman–Crippen LogP) is 5.23. The van der Waals surface area contributed by atoms with Crippen LogP contribution in [0.2, 0.25) is 0 Å². The predicted molar refractivity (Wildman–Crippen MR) is 133 cm³/mol. The van der Waals surface area contributed by atoms with Crippen molar-refractivity contribution in [2.75, 3.05) is 18.5 Å².